The lowest BCUT2D eigenvalue weighted by Crippen LogP contribution is -2.44. The SMILES string of the molecule is COc1ccc(C(=O)Nc2cc(Cl)ccc2N2CCN(C)CC2)cc1S(=O)(=O)NC(C)C. The minimum absolute atomic E-state index is 0.0910. The van der Waals surface area contributed by atoms with E-state index in [1.807, 2.05) is 6.07 Å². The third-order valence-corrected chi connectivity index (χ3v) is 7.07. The number of sulfonamides is 1. The smallest absolute Gasteiger partial charge is 0.255 e. The van der Waals surface area contributed by atoms with Crippen molar-refractivity contribution in [2.75, 3.05) is 50.6 Å². The Bertz CT molecular complexity index is 1080. The van der Waals surface area contributed by atoms with Gasteiger partial charge < -0.3 is 19.9 Å². The normalized spacial score (nSPS) is 15.1. The minimum Gasteiger partial charge on any atom is -0.495 e. The fourth-order valence-corrected chi connectivity index (χ4v) is 5.15. The van der Waals surface area contributed by atoms with Crippen molar-refractivity contribution in [1.82, 2.24) is 9.62 Å². The molecule has 0 aliphatic carbocycles. The summed E-state index contributed by atoms with van der Waals surface area (Å²) in [7, 11) is -0.396. The lowest BCUT2D eigenvalue weighted by molar-refractivity contribution is 0.102. The number of piperazine rings is 1. The number of likely N-dealkylation sites (N-methyl/N-ethyl adjacent to an activating group) is 1. The molecule has 1 amide bonds. The van der Waals surface area contributed by atoms with Crippen molar-refractivity contribution in [2.24, 2.45) is 0 Å². The van der Waals surface area contributed by atoms with Crippen molar-refractivity contribution in [2.45, 2.75) is 24.8 Å². The van der Waals surface area contributed by atoms with Gasteiger partial charge in [0, 0.05) is 42.8 Å². The van der Waals surface area contributed by atoms with Crippen LogP contribution in [0, 0.1) is 0 Å². The first-order valence-electron chi connectivity index (χ1n) is 10.4. The van der Waals surface area contributed by atoms with Crippen LogP contribution in [-0.2, 0) is 10.0 Å². The predicted molar refractivity (Wildman–Crippen MR) is 128 cm³/mol. The van der Waals surface area contributed by atoms with Gasteiger partial charge in [-0.25, -0.2) is 13.1 Å². The van der Waals surface area contributed by atoms with E-state index in [1.54, 1.807) is 26.0 Å². The van der Waals surface area contributed by atoms with E-state index in [9.17, 15) is 13.2 Å². The van der Waals surface area contributed by atoms with E-state index >= 15 is 0 Å². The summed E-state index contributed by atoms with van der Waals surface area (Å²) in [5.74, 6) is -0.276. The van der Waals surface area contributed by atoms with Gasteiger partial charge in [0.25, 0.3) is 5.91 Å². The third-order valence-electron chi connectivity index (χ3n) is 5.16. The summed E-state index contributed by atoms with van der Waals surface area (Å²) in [6.07, 6.45) is 0. The summed E-state index contributed by atoms with van der Waals surface area (Å²) < 4.78 is 33.2. The molecule has 8 nitrogen and oxygen atoms in total. The molecule has 0 aromatic heterocycles. The van der Waals surface area contributed by atoms with Gasteiger partial charge in [0.1, 0.15) is 10.6 Å². The monoisotopic (exact) mass is 480 g/mol. The van der Waals surface area contributed by atoms with Gasteiger partial charge in [-0.15, -0.1) is 0 Å². The molecule has 1 heterocycles. The molecule has 1 aliphatic heterocycles. The van der Waals surface area contributed by atoms with Crippen LogP contribution in [-0.4, -0.2) is 65.6 Å². The Morgan fingerprint density at radius 3 is 2.41 bits per heavy atom. The van der Waals surface area contributed by atoms with E-state index in [0.29, 0.717) is 10.7 Å². The van der Waals surface area contributed by atoms with Gasteiger partial charge in [-0.3, -0.25) is 4.79 Å². The summed E-state index contributed by atoms with van der Waals surface area (Å²) in [5, 5.41) is 3.40. The van der Waals surface area contributed by atoms with Gasteiger partial charge in [0.15, 0.2) is 0 Å². The number of ether oxygens (including phenoxy) is 1. The quantitative estimate of drug-likeness (QED) is 0.633. The summed E-state index contributed by atoms with van der Waals surface area (Å²) in [5.41, 5.74) is 1.64. The highest BCUT2D eigenvalue weighted by Gasteiger charge is 2.23. The molecule has 1 fully saturated rings. The highest BCUT2D eigenvalue weighted by atomic mass is 35.5. The number of hydrogen-bond donors (Lipinski definition) is 2. The highest BCUT2D eigenvalue weighted by molar-refractivity contribution is 7.89. The lowest BCUT2D eigenvalue weighted by atomic mass is 10.1. The first-order chi connectivity index (χ1) is 15.1. The van der Waals surface area contributed by atoms with Gasteiger partial charge in [-0.2, -0.15) is 0 Å². The number of carbonyl (C=O) groups excluding carboxylic acids is 1. The molecule has 0 bridgehead atoms. The van der Waals surface area contributed by atoms with Crippen LogP contribution in [0.5, 0.6) is 5.75 Å². The second kappa shape index (κ2) is 10.1. The Labute approximate surface area is 194 Å². The fourth-order valence-electron chi connectivity index (χ4n) is 3.53. The second-order valence-corrected chi connectivity index (χ2v) is 10.2. The van der Waals surface area contributed by atoms with Crippen LogP contribution in [0.15, 0.2) is 41.3 Å². The molecule has 0 unspecified atom stereocenters. The highest BCUT2D eigenvalue weighted by Crippen LogP contribution is 2.31. The number of hydrogen-bond acceptors (Lipinski definition) is 6. The van der Waals surface area contributed by atoms with E-state index < -0.39 is 15.9 Å². The van der Waals surface area contributed by atoms with Gasteiger partial charge in [-0.05, 0) is 57.3 Å². The molecule has 2 N–H and O–H groups in total. The molecule has 2 aromatic carbocycles. The number of halogens is 1. The Morgan fingerprint density at radius 2 is 1.78 bits per heavy atom. The zero-order valence-electron chi connectivity index (χ0n) is 18.7. The van der Waals surface area contributed by atoms with E-state index in [-0.39, 0.29) is 22.3 Å². The van der Waals surface area contributed by atoms with Crippen molar-refractivity contribution in [3.05, 3.63) is 47.0 Å². The molecule has 10 heteroatoms. The lowest BCUT2D eigenvalue weighted by Gasteiger charge is -2.35. The standard InChI is InChI=1S/C22H29ClN4O4S/c1-15(2)25-32(29,30)21-13-16(5-8-20(21)31-4)22(28)24-18-14-17(23)6-7-19(18)27-11-9-26(3)10-12-27/h5-8,13-15,25H,9-12H2,1-4H3,(H,24,28). The molecule has 0 radical (unpaired) electrons. The van der Waals surface area contributed by atoms with Crippen LogP contribution in [0.25, 0.3) is 0 Å². The minimum atomic E-state index is -3.86. The van der Waals surface area contributed by atoms with Crippen LogP contribution < -0.4 is 19.7 Å². The fraction of sp³-hybridized carbons (Fsp3) is 0.409. The zero-order valence-corrected chi connectivity index (χ0v) is 20.3. The number of nitrogens with zero attached hydrogens (tertiary/aromatic N) is 2. The summed E-state index contributed by atoms with van der Waals surface area (Å²) in [6, 6.07) is 9.40. The summed E-state index contributed by atoms with van der Waals surface area (Å²) >= 11 is 6.20. The number of benzene rings is 2. The largest absolute Gasteiger partial charge is 0.495 e. The average molecular weight is 481 g/mol. The molecule has 2 aromatic rings. The molecule has 1 aliphatic rings. The van der Waals surface area contributed by atoms with Crippen molar-refractivity contribution in [1.29, 1.82) is 0 Å². The molecule has 32 heavy (non-hydrogen) atoms. The van der Waals surface area contributed by atoms with Gasteiger partial charge in [0.05, 0.1) is 18.5 Å². The average Bonchev–Trinajstić information content (AvgIpc) is 2.73. The topological polar surface area (TPSA) is 91.0 Å². The van der Waals surface area contributed by atoms with Crippen LogP contribution >= 0.6 is 11.6 Å². The maximum atomic E-state index is 13.1. The number of methoxy groups -OCH3 is 1. The maximum absolute atomic E-state index is 13.1. The van der Waals surface area contributed by atoms with E-state index in [0.717, 1.165) is 31.9 Å². The number of rotatable bonds is 7. The molecule has 3 rings (SSSR count). The molecular weight excluding hydrogens is 452 g/mol. The number of amides is 1. The first-order valence-corrected chi connectivity index (χ1v) is 12.2. The van der Waals surface area contributed by atoms with Gasteiger partial charge in [0.2, 0.25) is 10.0 Å². The van der Waals surface area contributed by atoms with E-state index in [1.165, 1.54) is 25.3 Å². The molecular formula is C22H29ClN4O4S. The molecule has 0 saturated carbocycles. The summed E-state index contributed by atoms with van der Waals surface area (Å²) in [4.78, 5) is 17.4. The molecule has 174 valence electrons. The number of carbonyl (C=O) groups is 1. The Kier molecular flexibility index (Phi) is 7.66. The van der Waals surface area contributed by atoms with Crippen LogP contribution in [0.3, 0.4) is 0 Å². The second-order valence-electron chi connectivity index (χ2n) is 8.05. The van der Waals surface area contributed by atoms with E-state index in [2.05, 4.69) is 26.9 Å². The maximum Gasteiger partial charge on any atom is 0.255 e. The Balaban J connectivity index is 1.91. The Hall–Kier alpha value is -2.33. The van der Waals surface area contributed by atoms with Crippen LogP contribution in [0.4, 0.5) is 11.4 Å². The molecule has 1 saturated heterocycles. The van der Waals surface area contributed by atoms with Gasteiger partial charge >= 0.3 is 0 Å². The number of anilines is 2. The van der Waals surface area contributed by atoms with Crippen molar-refractivity contribution >= 4 is 38.9 Å². The predicted octanol–water partition coefficient (Wildman–Crippen LogP) is 3.04. The molecule has 0 atom stereocenters. The zero-order chi connectivity index (χ0) is 23.5. The van der Waals surface area contributed by atoms with Gasteiger partial charge in [-0.1, -0.05) is 11.6 Å². The summed E-state index contributed by atoms with van der Waals surface area (Å²) in [6.45, 7) is 6.93. The van der Waals surface area contributed by atoms with Crippen molar-refractivity contribution in [3.8, 4) is 5.75 Å². The van der Waals surface area contributed by atoms with E-state index in [4.69, 9.17) is 16.3 Å². The van der Waals surface area contributed by atoms with Crippen molar-refractivity contribution in [3.63, 3.8) is 0 Å². The van der Waals surface area contributed by atoms with Crippen LogP contribution in [0.2, 0.25) is 5.02 Å². The number of nitrogens with one attached hydrogen (secondary N) is 2. The third kappa shape index (κ3) is 5.72. The van der Waals surface area contributed by atoms with Crippen LogP contribution in [0.1, 0.15) is 24.2 Å². The Morgan fingerprint density at radius 1 is 1.09 bits per heavy atom. The van der Waals surface area contributed by atoms with Crippen molar-refractivity contribution < 1.29 is 17.9 Å². The first kappa shape index (κ1) is 24.3. The molecule has 0 spiro atoms.